The van der Waals surface area contributed by atoms with Crippen LogP contribution in [0, 0.1) is 0 Å². The Bertz CT molecular complexity index is 926. The number of hydrogen-bond donors (Lipinski definition) is 1. The Morgan fingerprint density at radius 2 is 1.93 bits per heavy atom. The monoisotopic (exact) mass is 363 g/mol. The van der Waals surface area contributed by atoms with Crippen LogP contribution < -0.4 is 10.2 Å². The number of nitrogens with one attached hydrogen (secondary N) is 1. The van der Waals surface area contributed by atoms with Gasteiger partial charge in [0.1, 0.15) is 11.4 Å². The Kier molecular flexibility index (Phi) is 6.26. The van der Waals surface area contributed by atoms with E-state index < -0.39 is 0 Å². The fourth-order valence-electron chi connectivity index (χ4n) is 2.92. The Morgan fingerprint density at radius 3 is 2.67 bits per heavy atom. The first-order valence-corrected chi connectivity index (χ1v) is 9.30. The summed E-state index contributed by atoms with van der Waals surface area (Å²) in [5.74, 6) is 0.614. The van der Waals surface area contributed by atoms with Gasteiger partial charge in [-0.1, -0.05) is 38.0 Å². The molecule has 1 amide bonds. The van der Waals surface area contributed by atoms with Gasteiger partial charge in [-0.3, -0.25) is 4.79 Å². The Balaban J connectivity index is 1.56. The first kappa shape index (κ1) is 18.7. The van der Waals surface area contributed by atoms with Crippen molar-refractivity contribution in [1.29, 1.82) is 0 Å². The lowest BCUT2D eigenvalue weighted by atomic mass is 10.2. The Hall–Kier alpha value is -3.08. The fraction of sp³-hybridized carbons (Fsp3) is 0.273. The van der Waals surface area contributed by atoms with E-state index in [1.807, 2.05) is 66.2 Å². The standard InChI is InChI=1S/C22H25N3O2/c1-3-4-7-14-27-19-12-10-17(11-13-19)16-23-24-22(26)21-15-18-8-5-6-9-20(18)25(21)2/h5-6,8-13,15-16H,3-4,7,14H2,1-2H3,(H,24,26)/b23-16+. The van der Waals surface area contributed by atoms with Crippen LogP contribution in [-0.4, -0.2) is 23.3 Å². The summed E-state index contributed by atoms with van der Waals surface area (Å²) in [6.07, 6.45) is 5.06. The van der Waals surface area contributed by atoms with E-state index in [2.05, 4.69) is 17.5 Å². The number of benzene rings is 2. The molecule has 1 heterocycles. The third kappa shape index (κ3) is 4.76. The van der Waals surface area contributed by atoms with Crippen molar-refractivity contribution in [3.05, 3.63) is 65.9 Å². The molecule has 3 rings (SSSR count). The molecule has 3 aromatic rings. The van der Waals surface area contributed by atoms with Gasteiger partial charge in [-0.2, -0.15) is 5.10 Å². The topological polar surface area (TPSA) is 55.6 Å². The number of fused-ring (bicyclic) bond motifs is 1. The van der Waals surface area contributed by atoms with Crippen LogP contribution in [0.25, 0.3) is 10.9 Å². The van der Waals surface area contributed by atoms with Crippen LogP contribution in [0.1, 0.15) is 42.2 Å². The number of hydrogen-bond acceptors (Lipinski definition) is 3. The van der Waals surface area contributed by atoms with Crippen molar-refractivity contribution in [2.75, 3.05) is 6.61 Å². The lowest BCUT2D eigenvalue weighted by Crippen LogP contribution is -2.20. The molecule has 0 aliphatic heterocycles. The summed E-state index contributed by atoms with van der Waals surface area (Å²) in [5, 5.41) is 5.10. The number of hydrazone groups is 1. The number of ether oxygens (including phenoxy) is 1. The van der Waals surface area contributed by atoms with Crippen molar-refractivity contribution in [2.24, 2.45) is 12.1 Å². The van der Waals surface area contributed by atoms with E-state index in [-0.39, 0.29) is 5.91 Å². The fourth-order valence-corrected chi connectivity index (χ4v) is 2.92. The number of unbranched alkanes of at least 4 members (excludes halogenated alkanes) is 2. The molecule has 0 fully saturated rings. The SMILES string of the molecule is CCCCCOc1ccc(/C=N/NC(=O)c2cc3ccccc3n2C)cc1. The maximum absolute atomic E-state index is 12.4. The number of aryl methyl sites for hydroxylation is 1. The zero-order chi connectivity index (χ0) is 19.1. The average Bonchev–Trinajstić information content (AvgIpc) is 3.03. The van der Waals surface area contributed by atoms with Gasteiger partial charge in [0.05, 0.1) is 12.8 Å². The van der Waals surface area contributed by atoms with Gasteiger partial charge in [0.25, 0.3) is 5.91 Å². The van der Waals surface area contributed by atoms with E-state index in [1.54, 1.807) is 6.21 Å². The third-order valence-corrected chi connectivity index (χ3v) is 4.46. The van der Waals surface area contributed by atoms with Gasteiger partial charge < -0.3 is 9.30 Å². The summed E-state index contributed by atoms with van der Waals surface area (Å²) in [6.45, 7) is 2.91. The average molecular weight is 363 g/mol. The third-order valence-electron chi connectivity index (χ3n) is 4.46. The highest BCUT2D eigenvalue weighted by Gasteiger charge is 2.12. The summed E-state index contributed by atoms with van der Waals surface area (Å²) in [4.78, 5) is 12.4. The lowest BCUT2D eigenvalue weighted by molar-refractivity contribution is 0.0947. The van der Waals surface area contributed by atoms with Crippen molar-refractivity contribution < 1.29 is 9.53 Å². The molecule has 0 saturated carbocycles. The molecule has 0 bridgehead atoms. The molecule has 5 nitrogen and oxygen atoms in total. The molecule has 1 N–H and O–H groups in total. The second-order valence-electron chi connectivity index (χ2n) is 6.47. The van der Waals surface area contributed by atoms with E-state index in [4.69, 9.17) is 4.74 Å². The number of carbonyl (C=O) groups is 1. The number of amides is 1. The van der Waals surface area contributed by atoms with E-state index in [0.29, 0.717) is 5.69 Å². The minimum atomic E-state index is -0.235. The number of para-hydroxylation sites is 1. The first-order chi connectivity index (χ1) is 13.2. The highest BCUT2D eigenvalue weighted by molar-refractivity contribution is 5.99. The van der Waals surface area contributed by atoms with Gasteiger partial charge in [-0.15, -0.1) is 0 Å². The molecule has 0 aliphatic carbocycles. The molecule has 140 valence electrons. The minimum Gasteiger partial charge on any atom is -0.494 e. The molecule has 0 saturated heterocycles. The quantitative estimate of drug-likeness (QED) is 0.364. The van der Waals surface area contributed by atoms with Crippen LogP contribution in [0.15, 0.2) is 59.7 Å². The molecular formula is C22H25N3O2. The first-order valence-electron chi connectivity index (χ1n) is 9.30. The molecular weight excluding hydrogens is 338 g/mol. The number of nitrogens with zero attached hydrogens (tertiary/aromatic N) is 2. The van der Waals surface area contributed by atoms with Crippen molar-refractivity contribution >= 4 is 23.0 Å². The zero-order valence-corrected chi connectivity index (χ0v) is 15.8. The highest BCUT2D eigenvalue weighted by atomic mass is 16.5. The smallest absolute Gasteiger partial charge is 0.287 e. The van der Waals surface area contributed by atoms with E-state index >= 15 is 0 Å². The second kappa shape index (κ2) is 9.03. The number of carbonyl (C=O) groups excluding carboxylic acids is 1. The molecule has 5 heteroatoms. The maximum Gasteiger partial charge on any atom is 0.287 e. The molecule has 0 radical (unpaired) electrons. The molecule has 0 spiro atoms. The van der Waals surface area contributed by atoms with Gasteiger partial charge in [0.2, 0.25) is 0 Å². The van der Waals surface area contributed by atoms with Crippen LogP contribution in [0.5, 0.6) is 5.75 Å². The normalized spacial score (nSPS) is 11.2. The van der Waals surface area contributed by atoms with Gasteiger partial charge >= 0.3 is 0 Å². The van der Waals surface area contributed by atoms with Crippen molar-refractivity contribution in [1.82, 2.24) is 9.99 Å². The predicted molar refractivity (Wildman–Crippen MR) is 109 cm³/mol. The Labute approximate surface area is 159 Å². The van der Waals surface area contributed by atoms with E-state index in [1.165, 1.54) is 12.8 Å². The van der Waals surface area contributed by atoms with E-state index in [9.17, 15) is 4.79 Å². The summed E-state index contributed by atoms with van der Waals surface area (Å²) in [7, 11) is 1.88. The molecule has 27 heavy (non-hydrogen) atoms. The lowest BCUT2D eigenvalue weighted by Gasteiger charge is -2.05. The minimum absolute atomic E-state index is 0.235. The zero-order valence-electron chi connectivity index (χ0n) is 15.8. The van der Waals surface area contributed by atoms with Crippen LogP contribution in [0.4, 0.5) is 0 Å². The molecule has 1 aromatic heterocycles. The van der Waals surface area contributed by atoms with Crippen LogP contribution in [0.3, 0.4) is 0 Å². The highest BCUT2D eigenvalue weighted by Crippen LogP contribution is 2.18. The molecule has 0 atom stereocenters. The molecule has 2 aromatic carbocycles. The number of aromatic nitrogens is 1. The van der Waals surface area contributed by atoms with Crippen molar-refractivity contribution in [3.8, 4) is 5.75 Å². The van der Waals surface area contributed by atoms with Crippen molar-refractivity contribution in [2.45, 2.75) is 26.2 Å². The molecule has 0 unspecified atom stereocenters. The van der Waals surface area contributed by atoms with Crippen LogP contribution in [-0.2, 0) is 7.05 Å². The number of rotatable bonds is 8. The van der Waals surface area contributed by atoms with Gasteiger partial charge in [-0.25, -0.2) is 5.43 Å². The predicted octanol–water partition coefficient (Wildman–Crippen LogP) is 4.51. The van der Waals surface area contributed by atoms with Crippen LogP contribution in [0.2, 0.25) is 0 Å². The van der Waals surface area contributed by atoms with Gasteiger partial charge in [-0.05, 0) is 48.4 Å². The second-order valence-corrected chi connectivity index (χ2v) is 6.47. The van der Waals surface area contributed by atoms with Gasteiger partial charge in [0, 0.05) is 18.0 Å². The Morgan fingerprint density at radius 1 is 1.15 bits per heavy atom. The largest absolute Gasteiger partial charge is 0.494 e. The maximum atomic E-state index is 12.4. The summed E-state index contributed by atoms with van der Waals surface area (Å²) < 4.78 is 7.55. The van der Waals surface area contributed by atoms with Crippen molar-refractivity contribution in [3.63, 3.8) is 0 Å². The van der Waals surface area contributed by atoms with Gasteiger partial charge in [0.15, 0.2) is 0 Å². The summed E-state index contributed by atoms with van der Waals surface area (Å²) >= 11 is 0. The van der Waals surface area contributed by atoms with E-state index in [0.717, 1.165) is 35.2 Å². The van der Waals surface area contributed by atoms with Crippen LogP contribution >= 0.6 is 0 Å². The summed E-state index contributed by atoms with van der Waals surface area (Å²) in [5.41, 5.74) is 5.08. The molecule has 0 aliphatic rings. The summed E-state index contributed by atoms with van der Waals surface area (Å²) in [6, 6.07) is 17.4.